The summed E-state index contributed by atoms with van der Waals surface area (Å²) >= 11 is 0. The minimum Gasteiger partial charge on any atom is -0.339 e. The third kappa shape index (κ3) is 2.24. The van der Waals surface area contributed by atoms with Gasteiger partial charge in [0.25, 0.3) is 0 Å². The average molecular weight is 224 g/mol. The Hall–Kier alpha value is -0.570. The number of rotatable bonds is 4. The van der Waals surface area contributed by atoms with Gasteiger partial charge in [0, 0.05) is 31.1 Å². The molecule has 2 unspecified atom stereocenters. The highest BCUT2D eigenvalue weighted by atomic mass is 16.2. The molecular weight excluding hydrogens is 200 g/mol. The Morgan fingerprint density at radius 1 is 1.38 bits per heavy atom. The van der Waals surface area contributed by atoms with Crippen molar-refractivity contribution in [2.24, 2.45) is 5.41 Å². The van der Waals surface area contributed by atoms with Crippen LogP contribution in [0, 0.1) is 5.41 Å². The van der Waals surface area contributed by atoms with Crippen molar-refractivity contribution in [3.8, 4) is 0 Å². The van der Waals surface area contributed by atoms with Gasteiger partial charge in [0.2, 0.25) is 5.91 Å². The van der Waals surface area contributed by atoms with Crippen LogP contribution in [0.1, 0.15) is 47.0 Å². The number of hydrogen-bond donors (Lipinski definition) is 1. The van der Waals surface area contributed by atoms with Gasteiger partial charge < -0.3 is 10.2 Å². The van der Waals surface area contributed by atoms with Crippen LogP contribution in [-0.2, 0) is 4.79 Å². The van der Waals surface area contributed by atoms with E-state index in [2.05, 4.69) is 33.0 Å². The fourth-order valence-electron chi connectivity index (χ4n) is 2.53. The Bertz CT molecular complexity index is 284. The second kappa shape index (κ2) is 4.02. The number of nitrogens with zero attached hydrogens (tertiary/aromatic N) is 1. The van der Waals surface area contributed by atoms with Crippen molar-refractivity contribution >= 4 is 5.91 Å². The van der Waals surface area contributed by atoms with Gasteiger partial charge in [-0.25, -0.2) is 0 Å². The normalized spacial score (nSPS) is 29.9. The van der Waals surface area contributed by atoms with Crippen LogP contribution >= 0.6 is 0 Å². The lowest BCUT2D eigenvalue weighted by molar-refractivity contribution is -0.129. The van der Waals surface area contributed by atoms with Crippen molar-refractivity contribution in [3.63, 3.8) is 0 Å². The Kier molecular flexibility index (Phi) is 2.99. The van der Waals surface area contributed by atoms with Crippen molar-refractivity contribution in [1.29, 1.82) is 0 Å². The molecule has 0 aromatic carbocycles. The molecule has 1 saturated carbocycles. The standard InChI is InChI=1S/C13H24N2O/c1-9(2)15-8-11(7-12(15)16)14-10(3)13(4)5-6-13/h9-11,14H,5-8H2,1-4H3. The van der Waals surface area contributed by atoms with Crippen LogP contribution < -0.4 is 5.32 Å². The van der Waals surface area contributed by atoms with E-state index in [1.165, 1.54) is 12.8 Å². The van der Waals surface area contributed by atoms with Crippen molar-refractivity contribution in [3.05, 3.63) is 0 Å². The average Bonchev–Trinajstić information content (AvgIpc) is 2.82. The molecule has 1 aliphatic heterocycles. The minimum atomic E-state index is 0.306. The number of amides is 1. The van der Waals surface area contributed by atoms with Crippen molar-refractivity contribution in [2.45, 2.75) is 65.1 Å². The topological polar surface area (TPSA) is 32.3 Å². The van der Waals surface area contributed by atoms with Crippen molar-refractivity contribution in [1.82, 2.24) is 10.2 Å². The van der Waals surface area contributed by atoms with E-state index in [1.807, 2.05) is 4.90 Å². The van der Waals surface area contributed by atoms with E-state index in [4.69, 9.17) is 0 Å². The number of carbonyl (C=O) groups is 1. The van der Waals surface area contributed by atoms with Gasteiger partial charge in [0.05, 0.1) is 0 Å². The smallest absolute Gasteiger partial charge is 0.224 e. The summed E-state index contributed by atoms with van der Waals surface area (Å²) in [6.45, 7) is 9.66. The predicted octanol–water partition coefficient (Wildman–Crippen LogP) is 1.77. The molecule has 0 spiro atoms. The lowest BCUT2D eigenvalue weighted by Crippen LogP contribution is -2.43. The van der Waals surface area contributed by atoms with Gasteiger partial charge in [-0.3, -0.25) is 4.79 Å². The molecule has 92 valence electrons. The van der Waals surface area contributed by atoms with Crippen LogP contribution in [0.4, 0.5) is 0 Å². The van der Waals surface area contributed by atoms with E-state index >= 15 is 0 Å². The second-order valence-electron chi connectivity index (χ2n) is 6.08. The zero-order valence-corrected chi connectivity index (χ0v) is 10.9. The molecule has 2 rings (SSSR count). The van der Waals surface area contributed by atoms with Gasteiger partial charge in [0.1, 0.15) is 0 Å². The van der Waals surface area contributed by atoms with Gasteiger partial charge in [-0.2, -0.15) is 0 Å². The van der Waals surface area contributed by atoms with Crippen LogP contribution in [0.15, 0.2) is 0 Å². The molecule has 2 fully saturated rings. The molecule has 0 aromatic rings. The zero-order valence-electron chi connectivity index (χ0n) is 10.9. The zero-order chi connectivity index (χ0) is 11.9. The monoisotopic (exact) mass is 224 g/mol. The largest absolute Gasteiger partial charge is 0.339 e. The van der Waals surface area contributed by atoms with Gasteiger partial charge in [0.15, 0.2) is 0 Å². The predicted molar refractivity (Wildman–Crippen MR) is 65.2 cm³/mol. The summed E-state index contributed by atoms with van der Waals surface area (Å²) in [7, 11) is 0. The first-order valence-corrected chi connectivity index (χ1v) is 6.48. The van der Waals surface area contributed by atoms with E-state index in [1.54, 1.807) is 0 Å². The van der Waals surface area contributed by atoms with Crippen LogP contribution in [-0.4, -0.2) is 35.5 Å². The summed E-state index contributed by atoms with van der Waals surface area (Å²) in [5.74, 6) is 0.306. The molecule has 0 bridgehead atoms. The summed E-state index contributed by atoms with van der Waals surface area (Å²) in [4.78, 5) is 13.7. The fraction of sp³-hybridized carbons (Fsp3) is 0.923. The first-order valence-electron chi connectivity index (χ1n) is 6.48. The SMILES string of the molecule is CC(C)N1CC(NC(C)C2(C)CC2)CC1=O. The van der Waals surface area contributed by atoms with E-state index < -0.39 is 0 Å². The van der Waals surface area contributed by atoms with Crippen molar-refractivity contribution < 1.29 is 4.79 Å². The number of carbonyl (C=O) groups excluding carboxylic acids is 1. The van der Waals surface area contributed by atoms with Gasteiger partial charge in [-0.15, -0.1) is 0 Å². The van der Waals surface area contributed by atoms with Gasteiger partial charge in [-0.05, 0) is 39.0 Å². The van der Waals surface area contributed by atoms with Crippen LogP contribution in [0.25, 0.3) is 0 Å². The van der Waals surface area contributed by atoms with Gasteiger partial charge >= 0.3 is 0 Å². The number of nitrogens with one attached hydrogen (secondary N) is 1. The molecule has 0 aromatic heterocycles. The van der Waals surface area contributed by atoms with Crippen LogP contribution in [0.2, 0.25) is 0 Å². The highest BCUT2D eigenvalue weighted by molar-refractivity contribution is 5.79. The van der Waals surface area contributed by atoms with Gasteiger partial charge in [-0.1, -0.05) is 6.92 Å². The molecule has 1 amide bonds. The number of likely N-dealkylation sites (tertiary alicyclic amines) is 1. The lowest BCUT2D eigenvalue weighted by atomic mass is 10.00. The Labute approximate surface area is 98.6 Å². The summed E-state index contributed by atoms with van der Waals surface area (Å²) in [5.41, 5.74) is 0.494. The maximum absolute atomic E-state index is 11.8. The third-order valence-electron chi connectivity index (χ3n) is 4.35. The molecule has 1 heterocycles. The summed E-state index contributed by atoms with van der Waals surface area (Å²) in [6.07, 6.45) is 3.34. The van der Waals surface area contributed by atoms with E-state index in [-0.39, 0.29) is 0 Å². The second-order valence-corrected chi connectivity index (χ2v) is 6.08. The molecule has 1 saturated heterocycles. The molecule has 3 heteroatoms. The Morgan fingerprint density at radius 3 is 2.44 bits per heavy atom. The summed E-state index contributed by atoms with van der Waals surface area (Å²) in [6, 6.07) is 1.24. The molecule has 0 radical (unpaired) electrons. The Morgan fingerprint density at radius 2 is 2.00 bits per heavy atom. The highest BCUT2D eigenvalue weighted by Gasteiger charge is 2.44. The van der Waals surface area contributed by atoms with Crippen LogP contribution in [0.5, 0.6) is 0 Å². The quantitative estimate of drug-likeness (QED) is 0.789. The van der Waals surface area contributed by atoms with Crippen molar-refractivity contribution in [2.75, 3.05) is 6.54 Å². The first-order chi connectivity index (χ1) is 7.42. The molecule has 3 nitrogen and oxygen atoms in total. The van der Waals surface area contributed by atoms with E-state index in [0.717, 1.165) is 6.54 Å². The first kappa shape index (κ1) is 11.9. The molecular formula is C13H24N2O. The van der Waals surface area contributed by atoms with E-state index in [0.29, 0.717) is 35.9 Å². The molecule has 2 atom stereocenters. The number of hydrogen-bond acceptors (Lipinski definition) is 2. The molecule has 1 N–H and O–H groups in total. The van der Waals surface area contributed by atoms with E-state index in [9.17, 15) is 4.79 Å². The van der Waals surface area contributed by atoms with Crippen LogP contribution in [0.3, 0.4) is 0 Å². The maximum Gasteiger partial charge on any atom is 0.224 e. The summed E-state index contributed by atoms with van der Waals surface area (Å²) in [5, 5.41) is 3.63. The maximum atomic E-state index is 11.8. The molecule has 2 aliphatic rings. The highest BCUT2D eigenvalue weighted by Crippen LogP contribution is 2.48. The lowest BCUT2D eigenvalue weighted by Gasteiger charge is -2.25. The fourth-order valence-corrected chi connectivity index (χ4v) is 2.53. The summed E-state index contributed by atoms with van der Waals surface area (Å²) < 4.78 is 0. The minimum absolute atomic E-state index is 0.306. The third-order valence-corrected chi connectivity index (χ3v) is 4.35. The molecule has 16 heavy (non-hydrogen) atoms. The molecule has 1 aliphatic carbocycles. The Balaban J connectivity index is 1.86.